The molecular formula is C16H23N3O. The molecule has 0 bridgehead atoms. The van der Waals surface area contributed by atoms with Crippen molar-refractivity contribution < 1.29 is 4.79 Å². The van der Waals surface area contributed by atoms with Crippen LogP contribution in [0.5, 0.6) is 0 Å². The first kappa shape index (κ1) is 13.4. The number of hydrogen-bond acceptors (Lipinski definition) is 2. The third kappa shape index (κ3) is 3.12. The van der Waals surface area contributed by atoms with Gasteiger partial charge in [0.15, 0.2) is 0 Å². The fourth-order valence-corrected chi connectivity index (χ4v) is 3.24. The molecule has 2 aliphatic rings. The third-order valence-corrected chi connectivity index (χ3v) is 4.31. The zero-order valence-electron chi connectivity index (χ0n) is 12.0. The molecule has 4 heteroatoms. The molecule has 1 heterocycles. The SMILES string of the molecule is O=C(NCCN1CCCC1)Nc1cccc2c1CCC2. The second-order valence-electron chi connectivity index (χ2n) is 5.73. The van der Waals surface area contributed by atoms with E-state index in [0.717, 1.165) is 31.6 Å². The van der Waals surface area contributed by atoms with Crippen LogP contribution in [0, 0.1) is 0 Å². The summed E-state index contributed by atoms with van der Waals surface area (Å²) >= 11 is 0. The lowest BCUT2D eigenvalue weighted by atomic mass is 10.1. The summed E-state index contributed by atoms with van der Waals surface area (Å²) in [6.45, 7) is 4.03. The summed E-state index contributed by atoms with van der Waals surface area (Å²) in [5, 5.41) is 5.96. The minimum Gasteiger partial charge on any atom is -0.337 e. The molecule has 1 aromatic rings. The summed E-state index contributed by atoms with van der Waals surface area (Å²) in [7, 11) is 0. The zero-order chi connectivity index (χ0) is 13.8. The number of fused-ring (bicyclic) bond motifs is 1. The van der Waals surface area contributed by atoms with E-state index in [1.807, 2.05) is 12.1 Å². The summed E-state index contributed by atoms with van der Waals surface area (Å²) in [6, 6.07) is 6.12. The maximum absolute atomic E-state index is 11.9. The number of carbonyl (C=O) groups excluding carboxylic acids is 1. The normalized spacial score (nSPS) is 18.0. The predicted octanol–water partition coefficient (Wildman–Crippen LogP) is 2.39. The quantitative estimate of drug-likeness (QED) is 0.884. The Balaban J connectivity index is 1.48. The van der Waals surface area contributed by atoms with Crippen LogP contribution in [0.1, 0.15) is 30.4 Å². The van der Waals surface area contributed by atoms with E-state index in [9.17, 15) is 4.79 Å². The predicted molar refractivity (Wildman–Crippen MR) is 81.2 cm³/mol. The Morgan fingerprint density at radius 1 is 1.15 bits per heavy atom. The van der Waals surface area contributed by atoms with Crippen molar-refractivity contribution in [3.63, 3.8) is 0 Å². The van der Waals surface area contributed by atoms with Gasteiger partial charge in [-0.05, 0) is 62.4 Å². The Bertz CT molecular complexity index is 481. The number of hydrogen-bond donors (Lipinski definition) is 2. The molecule has 1 fully saturated rings. The van der Waals surface area contributed by atoms with E-state index < -0.39 is 0 Å². The van der Waals surface area contributed by atoms with E-state index in [0.29, 0.717) is 0 Å². The van der Waals surface area contributed by atoms with Gasteiger partial charge in [-0.2, -0.15) is 0 Å². The van der Waals surface area contributed by atoms with Gasteiger partial charge in [0, 0.05) is 18.8 Å². The highest BCUT2D eigenvalue weighted by molar-refractivity contribution is 5.90. The van der Waals surface area contributed by atoms with Crippen molar-refractivity contribution in [3.8, 4) is 0 Å². The summed E-state index contributed by atoms with van der Waals surface area (Å²) in [5.74, 6) is 0. The number of aryl methyl sites for hydroxylation is 1. The van der Waals surface area contributed by atoms with Crippen LogP contribution in [0.3, 0.4) is 0 Å². The zero-order valence-corrected chi connectivity index (χ0v) is 12.0. The van der Waals surface area contributed by atoms with Crippen LogP contribution in [-0.2, 0) is 12.8 Å². The molecule has 2 N–H and O–H groups in total. The fraction of sp³-hybridized carbons (Fsp3) is 0.562. The van der Waals surface area contributed by atoms with Crippen LogP contribution in [0.15, 0.2) is 18.2 Å². The molecule has 0 aromatic heterocycles. The minimum atomic E-state index is -0.0792. The number of benzene rings is 1. The first-order valence-corrected chi connectivity index (χ1v) is 7.71. The summed E-state index contributed by atoms with van der Waals surface area (Å²) in [5.41, 5.74) is 3.70. The number of likely N-dealkylation sites (tertiary alicyclic amines) is 1. The Morgan fingerprint density at radius 2 is 2.00 bits per heavy atom. The van der Waals surface area contributed by atoms with E-state index in [2.05, 4.69) is 21.6 Å². The van der Waals surface area contributed by atoms with Gasteiger partial charge >= 0.3 is 6.03 Å². The van der Waals surface area contributed by atoms with Gasteiger partial charge in [-0.15, -0.1) is 0 Å². The molecule has 0 atom stereocenters. The summed E-state index contributed by atoms with van der Waals surface area (Å²) in [6.07, 6.45) is 6.01. The topological polar surface area (TPSA) is 44.4 Å². The van der Waals surface area contributed by atoms with Gasteiger partial charge in [0.1, 0.15) is 0 Å². The van der Waals surface area contributed by atoms with Crippen molar-refractivity contribution in [1.29, 1.82) is 0 Å². The van der Waals surface area contributed by atoms with Gasteiger partial charge < -0.3 is 15.5 Å². The molecule has 3 rings (SSSR count). The van der Waals surface area contributed by atoms with Gasteiger partial charge in [-0.25, -0.2) is 4.79 Å². The Morgan fingerprint density at radius 3 is 2.85 bits per heavy atom. The third-order valence-electron chi connectivity index (χ3n) is 4.31. The van der Waals surface area contributed by atoms with E-state index in [1.165, 1.54) is 43.5 Å². The highest BCUT2D eigenvalue weighted by atomic mass is 16.2. The lowest BCUT2D eigenvalue weighted by molar-refractivity contribution is 0.249. The van der Waals surface area contributed by atoms with E-state index in [-0.39, 0.29) is 6.03 Å². The molecule has 2 amide bonds. The molecule has 1 aliphatic carbocycles. The first-order chi connectivity index (χ1) is 9.83. The Labute approximate surface area is 120 Å². The second-order valence-corrected chi connectivity index (χ2v) is 5.73. The molecule has 1 aromatic carbocycles. The average Bonchev–Trinajstić information content (AvgIpc) is 3.09. The molecule has 0 spiro atoms. The number of amides is 2. The summed E-state index contributed by atoms with van der Waals surface area (Å²) < 4.78 is 0. The smallest absolute Gasteiger partial charge is 0.319 e. The van der Waals surface area contributed by atoms with Crippen LogP contribution in [0.4, 0.5) is 10.5 Å². The number of nitrogens with one attached hydrogen (secondary N) is 2. The largest absolute Gasteiger partial charge is 0.337 e. The van der Waals surface area contributed by atoms with E-state index in [4.69, 9.17) is 0 Å². The fourth-order valence-electron chi connectivity index (χ4n) is 3.24. The number of urea groups is 1. The average molecular weight is 273 g/mol. The van der Waals surface area contributed by atoms with E-state index >= 15 is 0 Å². The number of nitrogens with zero attached hydrogens (tertiary/aromatic N) is 1. The van der Waals surface area contributed by atoms with Crippen LogP contribution in [-0.4, -0.2) is 37.1 Å². The van der Waals surface area contributed by atoms with Crippen molar-refractivity contribution in [2.24, 2.45) is 0 Å². The van der Waals surface area contributed by atoms with Crippen molar-refractivity contribution >= 4 is 11.7 Å². The van der Waals surface area contributed by atoms with E-state index in [1.54, 1.807) is 0 Å². The molecular weight excluding hydrogens is 250 g/mol. The Hall–Kier alpha value is -1.55. The number of rotatable bonds is 4. The second kappa shape index (κ2) is 6.27. The molecule has 108 valence electrons. The maximum atomic E-state index is 11.9. The maximum Gasteiger partial charge on any atom is 0.319 e. The lowest BCUT2D eigenvalue weighted by Gasteiger charge is -2.15. The molecule has 20 heavy (non-hydrogen) atoms. The van der Waals surface area contributed by atoms with Crippen LogP contribution >= 0.6 is 0 Å². The van der Waals surface area contributed by atoms with Crippen molar-refractivity contribution in [2.75, 3.05) is 31.5 Å². The van der Waals surface area contributed by atoms with Crippen molar-refractivity contribution in [1.82, 2.24) is 10.2 Å². The standard InChI is InChI=1S/C16H23N3O/c20-16(17-9-12-19-10-1-2-11-19)18-15-8-4-6-13-5-3-7-14(13)15/h4,6,8H,1-3,5,7,9-12H2,(H2,17,18,20). The van der Waals surface area contributed by atoms with Gasteiger partial charge in [0.2, 0.25) is 0 Å². The molecule has 0 radical (unpaired) electrons. The molecule has 4 nitrogen and oxygen atoms in total. The van der Waals surface area contributed by atoms with Crippen molar-refractivity contribution in [2.45, 2.75) is 32.1 Å². The van der Waals surface area contributed by atoms with Crippen LogP contribution < -0.4 is 10.6 Å². The van der Waals surface area contributed by atoms with Gasteiger partial charge in [-0.1, -0.05) is 12.1 Å². The van der Waals surface area contributed by atoms with Crippen molar-refractivity contribution in [3.05, 3.63) is 29.3 Å². The van der Waals surface area contributed by atoms with Gasteiger partial charge in [0.05, 0.1) is 0 Å². The number of carbonyl (C=O) groups is 1. The molecule has 1 saturated heterocycles. The monoisotopic (exact) mass is 273 g/mol. The first-order valence-electron chi connectivity index (χ1n) is 7.71. The van der Waals surface area contributed by atoms with Gasteiger partial charge in [-0.3, -0.25) is 0 Å². The highest BCUT2D eigenvalue weighted by Crippen LogP contribution is 2.28. The molecule has 0 saturated carbocycles. The molecule has 1 aliphatic heterocycles. The minimum absolute atomic E-state index is 0.0792. The number of anilines is 1. The Kier molecular flexibility index (Phi) is 4.21. The highest BCUT2D eigenvalue weighted by Gasteiger charge is 2.16. The van der Waals surface area contributed by atoms with Gasteiger partial charge in [0.25, 0.3) is 0 Å². The van der Waals surface area contributed by atoms with Crippen LogP contribution in [0.25, 0.3) is 0 Å². The lowest BCUT2D eigenvalue weighted by Crippen LogP contribution is -2.36. The molecule has 0 unspecified atom stereocenters. The summed E-state index contributed by atoms with van der Waals surface area (Å²) in [4.78, 5) is 14.3. The van der Waals surface area contributed by atoms with Crippen LogP contribution in [0.2, 0.25) is 0 Å².